The van der Waals surface area contributed by atoms with E-state index in [1.807, 2.05) is 0 Å². The SMILES string of the molecule is NC(=O)COc1ccc(F)cc1N. The van der Waals surface area contributed by atoms with Gasteiger partial charge in [0.2, 0.25) is 0 Å². The van der Waals surface area contributed by atoms with E-state index in [0.717, 1.165) is 6.07 Å². The number of primary amides is 1. The topological polar surface area (TPSA) is 78.3 Å². The number of amides is 1. The third-order valence-electron chi connectivity index (χ3n) is 1.34. The lowest BCUT2D eigenvalue weighted by atomic mass is 10.3. The van der Waals surface area contributed by atoms with Crippen LogP contribution in [0.3, 0.4) is 0 Å². The van der Waals surface area contributed by atoms with Crippen molar-refractivity contribution < 1.29 is 13.9 Å². The van der Waals surface area contributed by atoms with Crippen LogP contribution in [0.25, 0.3) is 0 Å². The lowest BCUT2D eigenvalue weighted by Gasteiger charge is -2.05. The van der Waals surface area contributed by atoms with Crippen LogP contribution in [0.4, 0.5) is 10.1 Å². The first-order valence-corrected chi connectivity index (χ1v) is 3.55. The second kappa shape index (κ2) is 3.75. The van der Waals surface area contributed by atoms with E-state index >= 15 is 0 Å². The third-order valence-corrected chi connectivity index (χ3v) is 1.34. The van der Waals surface area contributed by atoms with Crippen molar-refractivity contribution in [2.75, 3.05) is 12.3 Å². The molecule has 0 radical (unpaired) electrons. The number of halogens is 1. The second-order valence-electron chi connectivity index (χ2n) is 2.44. The number of carbonyl (C=O) groups excluding carboxylic acids is 1. The lowest BCUT2D eigenvalue weighted by molar-refractivity contribution is -0.119. The minimum absolute atomic E-state index is 0.140. The number of benzene rings is 1. The minimum atomic E-state index is -0.608. The molecule has 13 heavy (non-hydrogen) atoms. The molecule has 0 bridgehead atoms. The van der Waals surface area contributed by atoms with Gasteiger partial charge in [0, 0.05) is 6.07 Å². The van der Waals surface area contributed by atoms with Gasteiger partial charge in [-0.25, -0.2) is 4.39 Å². The number of hydrogen-bond acceptors (Lipinski definition) is 3. The highest BCUT2D eigenvalue weighted by atomic mass is 19.1. The van der Waals surface area contributed by atoms with Crippen molar-refractivity contribution in [3.63, 3.8) is 0 Å². The summed E-state index contributed by atoms with van der Waals surface area (Å²) in [6, 6.07) is 3.64. The highest BCUT2D eigenvalue weighted by Gasteiger charge is 2.02. The standard InChI is InChI=1S/C8H9FN2O2/c9-5-1-2-7(6(10)3-5)13-4-8(11)12/h1-3H,4,10H2,(H2,11,12). The normalized spacial score (nSPS) is 9.62. The van der Waals surface area contributed by atoms with Crippen LogP contribution in [0.5, 0.6) is 5.75 Å². The molecule has 0 fully saturated rings. The minimum Gasteiger partial charge on any atom is -0.482 e. The predicted octanol–water partition coefficient (Wildman–Crippen LogP) is 0.272. The molecule has 0 spiro atoms. The number of rotatable bonds is 3. The Hall–Kier alpha value is -1.78. The summed E-state index contributed by atoms with van der Waals surface area (Å²) in [7, 11) is 0. The number of nitrogen functional groups attached to an aromatic ring is 1. The lowest BCUT2D eigenvalue weighted by Crippen LogP contribution is -2.20. The summed E-state index contributed by atoms with van der Waals surface area (Å²) in [4.78, 5) is 10.3. The smallest absolute Gasteiger partial charge is 0.255 e. The maximum Gasteiger partial charge on any atom is 0.255 e. The molecule has 1 aromatic carbocycles. The van der Waals surface area contributed by atoms with Gasteiger partial charge < -0.3 is 16.2 Å². The fourth-order valence-corrected chi connectivity index (χ4v) is 0.800. The molecule has 4 N–H and O–H groups in total. The first-order chi connectivity index (χ1) is 6.09. The molecule has 70 valence electrons. The molecular weight excluding hydrogens is 175 g/mol. The zero-order valence-corrected chi connectivity index (χ0v) is 6.79. The Morgan fingerprint density at radius 1 is 1.54 bits per heavy atom. The molecule has 0 heterocycles. The average Bonchev–Trinajstić information content (AvgIpc) is 2.02. The van der Waals surface area contributed by atoms with Gasteiger partial charge >= 0.3 is 0 Å². The summed E-state index contributed by atoms with van der Waals surface area (Å²) < 4.78 is 17.4. The Morgan fingerprint density at radius 3 is 2.77 bits per heavy atom. The Balaban J connectivity index is 2.72. The number of ether oxygens (including phenoxy) is 1. The van der Waals surface area contributed by atoms with E-state index in [-0.39, 0.29) is 18.0 Å². The van der Waals surface area contributed by atoms with E-state index in [0.29, 0.717) is 0 Å². The molecule has 0 aliphatic rings. The highest BCUT2D eigenvalue weighted by molar-refractivity contribution is 5.75. The predicted molar refractivity (Wildman–Crippen MR) is 45.5 cm³/mol. The molecule has 5 heteroatoms. The van der Waals surface area contributed by atoms with Crippen LogP contribution in [0.2, 0.25) is 0 Å². The largest absolute Gasteiger partial charge is 0.482 e. The van der Waals surface area contributed by atoms with Gasteiger partial charge in [-0.15, -0.1) is 0 Å². The number of hydrogen-bond donors (Lipinski definition) is 2. The van der Waals surface area contributed by atoms with E-state index < -0.39 is 11.7 Å². The van der Waals surface area contributed by atoms with E-state index in [1.165, 1.54) is 12.1 Å². The summed E-state index contributed by atoms with van der Waals surface area (Å²) in [5.74, 6) is -0.812. The van der Waals surface area contributed by atoms with Crippen LogP contribution >= 0.6 is 0 Å². The van der Waals surface area contributed by atoms with E-state index in [4.69, 9.17) is 16.2 Å². The quantitative estimate of drug-likeness (QED) is 0.662. The van der Waals surface area contributed by atoms with Gasteiger partial charge in [0.1, 0.15) is 11.6 Å². The fourth-order valence-electron chi connectivity index (χ4n) is 0.800. The Kier molecular flexibility index (Phi) is 2.69. The molecule has 0 aliphatic carbocycles. The summed E-state index contributed by atoms with van der Waals surface area (Å²) in [6.07, 6.45) is 0. The van der Waals surface area contributed by atoms with E-state index in [1.54, 1.807) is 0 Å². The first-order valence-electron chi connectivity index (χ1n) is 3.55. The van der Waals surface area contributed by atoms with Gasteiger partial charge in [-0.3, -0.25) is 4.79 Å². The Morgan fingerprint density at radius 2 is 2.23 bits per heavy atom. The molecule has 1 rings (SSSR count). The van der Waals surface area contributed by atoms with Crippen LogP contribution in [0, 0.1) is 5.82 Å². The van der Waals surface area contributed by atoms with Crippen LogP contribution in [0.1, 0.15) is 0 Å². The van der Waals surface area contributed by atoms with Gasteiger partial charge in [0.25, 0.3) is 5.91 Å². The molecule has 0 saturated heterocycles. The Labute approximate surface area is 74.3 Å². The van der Waals surface area contributed by atoms with Crippen molar-refractivity contribution in [3.05, 3.63) is 24.0 Å². The molecular formula is C8H9FN2O2. The van der Waals surface area contributed by atoms with Crippen molar-refractivity contribution in [1.29, 1.82) is 0 Å². The van der Waals surface area contributed by atoms with Crippen LogP contribution in [-0.4, -0.2) is 12.5 Å². The van der Waals surface area contributed by atoms with Crippen molar-refractivity contribution in [1.82, 2.24) is 0 Å². The summed E-state index contributed by atoms with van der Waals surface area (Å²) in [5, 5.41) is 0. The maximum absolute atomic E-state index is 12.5. The van der Waals surface area contributed by atoms with Crippen molar-refractivity contribution in [3.8, 4) is 5.75 Å². The zero-order chi connectivity index (χ0) is 9.84. The van der Waals surface area contributed by atoms with Gasteiger partial charge in [-0.05, 0) is 12.1 Å². The molecule has 1 amide bonds. The zero-order valence-electron chi connectivity index (χ0n) is 6.79. The van der Waals surface area contributed by atoms with E-state index in [9.17, 15) is 9.18 Å². The monoisotopic (exact) mass is 184 g/mol. The van der Waals surface area contributed by atoms with Gasteiger partial charge in [-0.2, -0.15) is 0 Å². The number of anilines is 1. The molecule has 0 aliphatic heterocycles. The van der Waals surface area contributed by atoms with Crippen LogP contribution < -0.4 is 16.2 Å². The molecule has 0 saturated carbocycles. The molecule has 0 atom stereocenters. The summed E-state index contributed by atoms with van der Waals surface area (Å²) in [6.45, 7) is -0.268. The highest BCUT2D eigenvalue weighted by Crippen LogP contribution is 2.21. The molecule has 0 unspecified atom stereocenters. The van der Waals surface area contributed by atoms with Gasteiger partial charge in [0.15, 0.2) is 6.61 Å². The molecule has 0 aromatic heterocycles. The summed E-state index contributed by atoms with van der Waals surface area (Å²) in [5.41, 5.74) is 10.4. The second-order valence-corrected chi connectivity index (χ2v) is 2.44. The average molecular weight is 184 g/mol. The maximum atomic E-state index is 12.5. The fraction of sp³-hybridized carbons (Fsp3) is 0.125. The van der Waals surface area contributed by atoms with Crippen LogP contribution in [-0.2, 0) is 4.79 Å². The third kappa shape index (κ3) is 2.62. The van der Waals surface area contributed by atoms with E-state index in [2.05, 4.69) is 0 Å². The van der Waals surface area contributed by atoms with Gasteiger partial charge in [0.05, 0.1) is 5.69 Å². The summed E-state index contributed by atoms with van der Waals surface area (Å²) >= 11 is 0. The number of nitrogens with two attached hydrogens (primary N) is 2. The molecule has 1 aromatic rings. The number of carbonyl (C=O) groups is 1. The first kappa shape index (κ1) is 9.31. The Bertz CT molecular complexity index is 328. The van der Waals surface area contributed by atoms with Crippen molar-refractivity contribution in [2.24, 2.45) is 5.73 Å². The molecule has 4 nitrogen and oxygen atoms in total. The van der Waals surface area contributed by atoms with Gasteiger partial charge in [-0.1, -0.05) is 0 Å². The van der Waals surface area contributed by atoms with Crippen molar-refractivity contribution >= 4 is 11.6 Å². The van der Waals surface area contributed by atoms with Crippen LogP contribution in [0.15, 0.2) is 18.2 Å². The van der Waals surface area contributed by atoms with Crippen molar-refractivity contribution in [2.45, 2.75) is 0 Å².